The van der Waals surface area contributed by atoms with Crippen LogP contribution in [0.25, 0.3) is 0 Å². The minimum atomic E-state index is -0.891. The molecular weight excluding hydrogens is 318 g/mol. The van der Waals surface area contributed by atoms with Gasteiger partial charge in [0.15, 0.2) is 11.6 Å². The van der Waals surface area contributed by atoms with Crippen LogP contribution in [0.2, 0.25) is 0 Å². The molecule has 1 nitrogen and oxygen atoms in total. The van der Waals surface area contributed by atoms with Crippen molar-refractivity contribution in [3.05, 3.63) is 42.2 Å². The van der Waals surface area contributed by atoms with Crippen molar-refractivity contribution in [3.63, 3.8) is 0 Å². The van der Waals surface area contributed by atoms with E-state index in [1.54, 1.807) is 6.07 Å². The lowest BCUT2D eigenvalue weighted by Gasteiger charge is -2.38. The fourth-order valence-corrected chi connectivity index (χ4v) is 5.01. The molecule has 138 valence electrons. The third kappa shape index (κ3) is 4.07. The quantitative estimate of drug-likeness (QED) is 0.522. The molecule has 0 amide bonds. The highest BCUT2D eigenvalue weighted by molar-refractivity contribution is 5.33. The van der Waals surface area contributed by atoms with E-state index in [9.17, 15) is 8.78 Å². The Morgan fingerprint density at radius 1 is 0.960 bits per heavy atom. The molecule has 0 aliphatic heterocycles. The Bertz CT molecular complexity index is 582. The summed E-state index contributed by atoms with van der Waals surface area (Å²) >= 11 is 0. The summed E-state index contributed by atoms with van der Waals surface area (Å²) in [6.45, 7) is 5.69. The van der Waals surface area contributed by atoms with E-state index in [1.165, 1.54) is 38.2 Å². The van der Waals surface area contributed by atoms with Crippen LogP contribution in [-0.4, -0.2) is 0 Å². The van der Waals surface area contributed by atoms with Crippen molar-refractivity contribution < 1.29 is 13.5 Å². The molecule has 2 aliphatic carbocycles. The smallest absolute Gasteiger partial charge is 0.201 e. The zero-order chi connectivity index (χ0) is 17.8. The third-order valence-electron chi connectivity index (χ3n) is 6.63. The molecule has 0 heterocycles. The minimum absolute atomic E-state index is 0.0855. The highest BCUT2D eigenvalue weighted by atomic mass is 19.2. The van der Waals surface area contributed by atoms with Gasteiger partial charge in [0.25, 0.3) is 0 Å². The summed E-state index contributed by atoms with van der Waals surface area (Å²) in [6.07, 6.45) is 12.2. The van der Waals surface area contributed by atoms with Gasteiger partial charge in [-0.1, -0.05) is 38.8 Å². The van der Waals surface area contributed by atoms with Crippen molar-refractivity contribution in [2.45, 2.75) is 70.6 Å². The molecule has 25 heavy (non-hydrogen) atoms. The summed E-state index contributed by atoms with van der Waals surface area (Å²) in [7, 11) is 0. The fraction of sp³-hybridized carbons (Fsp3) is 0.636. The SMILES string of the molecule is C=COc1ccc(C2CCC(C3CCC(CC)CC3)CC2)c(F)c1F. The van der Waals surface area contributed by atoms with Crippen molar-refractivity contribution in [1.29, 1.82) is 0 Å². The second-order valence-corrected chi connectivity index (χ2v) is 7.87. The molecule has 0 unspecified atom stereocenters. The molecule has 0 aromatic heterocycles. The topological polar surface area (TPSA) is 9.23 Å². The number of ether oxygens (including phenoxy) is 1. The standard InChI is InChI=1S/C22H30F2O/c1-3-15-5-7-16(8-6-15)17-9-11-18(12-10-17)19-13-14-20(25-4-2)22(24)21(19)23/h4,13-18H,2-3,5-12H2,1H3. The van der Waals surface area contributed by atoms with Crippen LogP contribution < -0.4 is 4.74 Å². The number of rotatable bonds is 5. The number of benzene rings is 1. The van der Waals surface area contributed by atoms with Gasteiger partial charge in [-0.2, -0.15) is 4.39 Å². The molecule has 2 fully saturated rings. The van der Waals surface area contributed by atoms with Crippen LogP contribution in [0.1, 0.15) is 76.2 Å². The first-order valence-corrected chi connectivity index (χ1v) is 9.89. The molecule has 1 aromatic carbocycles. The molecule has 1 aromatic rings. The van der Waals surface area contributed by atoms with Crippen LogP contribution in [0, 0.1) is 29.4 Å². The second kappa shape index (κ2) is 8.33. The highest BCUT2D eigenvalue weighted by Crippen LogP contribution is 2.45. The zero-order valence-electron chi connectivity index (χ0n) is 15.3. The zero-order valence-corrected chi connectivity index (χ0v) is 15.3. The Morgan fingerprint density at radius 3 is 2.12 bits per heavy atom. The van der Waals surface area contributed by atoms with Crippen LogP contribution in [0.5, 0.6) is 5.75 Å². The van der Waals surface area contributed by atoms with E-state index in [-0.39, 0.29) is 11.7 Å². The number of halogens is 2. The van der Waals surface area contributed by atoms with Crippen LogP contribution >= 0.6 is 0 Å². The monoisotopic (exact) mass is 348 g/mol. The molecule has 3 rings (SSSR count). The molecule has 0 spiro atoms. The lowest BCUT2D eigenvalue weighted by Crippen LogP contribution is -2.25. The van der Waals surface area contributed by atoms with Gasteiger partial charge in [-0.25, -0.2) is 4.39 Å². The maximum absolute atomic E-state index is 14.4. The predicted molar refractivity (Wildman–Crippen MR) is 97.6 cm³/mol. The molecule has 3 heteroatoms. The molecular formula is C22H30F2O. The van der Waals surface area contributed by atoms with E-state index in [0.717, 1.165) is 49.7 Å². The summed E-state index contributed by atoms with van der Waals surface area (Å²) in [5.41, 5.74) is 0.516. The van der Waals surface area contributed by atoms with E-state index < -0.39 is 11.6 Å². The minimum Gasteiger partial charge on any atom is -0.462 e. The molecule has 2 aliphatic rings. The van der Waals surface area contributed by atoms with Gasteiger partial charge in [0.05, 0.1) is 6.26 Å². The molecule has 2 saturated carbocycles. The molecule has 0 N–H and O–H groups in total. The van der Waals surface area contributed by atoms with Crippen LogP contribution in [0.3, 0.4) is 0 Å². The van der Waals surface area contributed by atoms with Crippen molar-refractivity contribution in [2.75, 3.05) is 0 Å². The van der Waals surface area contributed by atoms with Crippen molar-refractivity contribution >= 4 is 0 Å². The van der Waals surface area contributed by atoms with Gasteiger partial charge in [0, 0.05) is 0 Å². The van der Waals surface area contributed by atoms with Gasteiger partial charge < -0.3 is 4.74 Å². The lowest BCUT2D eigenvalue weighted by molar-refractivity contribution is 0.158. The highest BCUT2D eigenvalue weighted by Gasteiger charge is 2.32. The Hall–Kier alpha value is -1.38. The molecule has 0 atom stereocenters. The van der Waals surface area contributed by atoms with Crippen molar-refractivity contribution in [1.82, 2.24) is 0 Å². The van der Waals surface area contributed by atoms with Gasteiger partial charge in [0.2, 0.25) is 5.82 Å². The van der Waals surface area contributed by atoms with E-state index in [4.69, 9.17) is 4.74 Å². The maximum atomic E-state index is 14.4. The van der Waals surface area contributed by atoms with Gasteiger partial charge in [0.1, 0.15) is 0 Å². The van der Waals surface area contributed by atoms with Gasteiger partial charge >= 0.3 is 0 Å². The predicted octanol–water partition coefficient (Wildman–Crippen LogP) is 6.98. The van der Waals surface area contributed by atoms with Crippen molar-refractivity contribution in [2.24, 2.45) is 17.8 Å². The summed E-state index contributed by atoms with van der Waals surface area (Å²) in [5.74, 6) is 0.983. The lowest BCUT2D eigenvalue weighted by atomic mass is 9.68. The van der Waals surface area contributed by atoms with E-state index >= 15 is 0 Å². The van der Waals surface area contributed by atoms with Gasteiger partial charge in [-0.05, 0) is 73.8 Å². The summed E-state index contributed by atoms with van der Waals surface area (Å²) in [5, 5.41) is 0. The van der Waals surface area contributed by atoms with Crippen LogP contribution in [0.15, 0.2) is 25.0 Å². The second-order valence-electron chi connectivity index (χ2n) is 7.87. The number of hydrogen-bond donors (Lipinski definition) is 0. The largest absolute Gasteiger partial charge is 0.462 e. The summed E-state index contributed by atoms with van der Waals surface area (Å²) in [6, 6.07) is 3.21. The Morgan fingerprint density at radius 2 is 1.56 bits per heavy atom. The molecule has 0 saturated heterocycles. The Kier molecular flexibility index (Phi) is 6.14. The van der Waals surface area contributed by atoms with Gasteiger partial charge in [-0.15, -0.1) is 0 Å². The first-order valence-electron chi connectivity index (χ1n) is 9.89. The van der Waals surface area contributed by atoms with Crippen LogP contribution in [0.4, 0.5) is 8.78 Å². The van der Waals surface area contributed by atoms with Crippen LogP contribution in [-0.2, 0) is 0 Å². The number of hydrogen-bond acceptors (Lipinski definition) is 1. The maximum Gasteiger partial charge on any atom is 0.201 e. The van der Waals surface area contributed by atoms with E-state index in [2.05, 4.69) is 13.5 Å². The Balaban J connectivity index is 1.59. The average molecular weight is 348 g/mol. The molecule has 0 radical (unpaired) electrons. The first-order chi connectivity index (χ1) is 12.1. The summed E-state index contributed by atoms with van der Waals surface area (Å²) < 4.78 is 33.4. The summed E-state index contributed by atoms with van der Waals surface area (Å²) in [4.78, 5) is 0. The Labute approximate surface area is 150 Å². The average Bonchev–Trinajstić information content (AvgIpc) is 2.66. The van der Waals surface area contributed by atoms with E-state index in [1.807, 2.05) is 0 Å². The molecule has 0 bridgehead atoms. The first kappa shape index (κ1) is 18.4. The fourth-order valence-electron chi connectivity index (χ4n) is 5.01. The third-order valence-corrected chi connectivity index (χ3v) is 6.63. The van der Waals surface area contributed by atoms with E-state index in [0.29, 0.717) is 5.56 Å². The van der Waals surface area contributed by atoms with Crippen molar-refractivity contribution in [3.8, 4) is 5.75 Å². The normalized spacial score (nSPS) is 30.0. The van der Waals surface area contributed by atoms with Gasteiger partial charge in [-0.3, -0.25) is 0 Å².